The highest BCUT2D eigenvalue weighted by Crippen LogP contribution is 2.30. The van der Waals surface area contributed by atoms with Gasteiger partial charge in [0, 0.05) is 12.8 Å². The van der Waals surface area contributed by atoms with E-state index in [4.69, 9.17) is 0 Å². The topological polar surface area (TPSA) is 51.2 Å². The summed E-state index contributed by atoms with van der Waals surface area (Å²) in [5, 5.41) is 0. The number of rotatable bonds is 1. The monoisotopic (exact) mass is 168 g/mol. The molecule has 3 nitrogen and oxygen atoms in total. The standard InChI is InChI=1S/C9H12O3/c1-3-9(2)7(11)5-4-6(10)8(9)12/h3-5H2,1-2H3. The predicted molar refractivity (Wildman–Crippen MR) is 42.7 cm³/mol. The van der Waals surface area contributed by atoms with Crippen LogP contribution >= 0.6 is 0 Å². The fraction of sp³-hybridized carbons (Fsp3) is 0.667. The number of hydrogen-bond acceptors (Lipinski definition) is 3. The van der Waals surface area contributed by atoms with Crippen LogP contribution in [0, 0.1) is 5.41 Å². The zero-order chi connectivity index (χ0) is 9.35. The minimum Gasteiger partial charge on any atom is -0.299 e. The fourth-order valence-corrected chi connectivity index (χ4v) is 1.41. The molecule has 66 valence electrons. The average Bonchev–Trinajstić information content (AvgIpc) is 2.08. The molecule has 1 fully saturated rings. The first kappa shape index (κ1) is 9.10. The van der Waals surface area contributed by atoms with E-state index < -0.39 is 11.2 Å². The summed E-state index contributed by atoms with van der Waals surface area (Å²) in [5.74, 6) is -0.977. The van der Waals surface area contributed by atoms with E-state index in [-0.39, 0.29) is 24.4 Å². The Labute approximate surface area is 71.1 Å². The quantitative estimate of drug-likeness (QED) is 0.432. The smallest absolute Gasteiger partial charge is 0.211 e. The van der Waals surface area contributed by atoms with Crippen LogP contribution in [0.5, 0.6) is 0 Å². The van der Waals surface area contributed by atoms with Gasteiger partial charge in [0.2, 0.25) is 5.78 Å². The summed E-state index contributed by atoms with van der Waals surface area (Å²) in [5.41, 5.74) is -1.02. The lowest BCUT2D eigenvalue weighted by molar-refractivity contribution is -0.151. The van der Waals surface area contributed by atoms with Gasteiger partial charge in [-0.05, 0) is 13.3 Å². The van der Waals surface area contributed by atoms with Crippen LogP contribution in [0.3, 0.4) is 0 Å². The first-order valence-electron chi connectivity index (χ1n) is 4.13. The molecule has 1 aliphatic carbocycles. The van der Waals surface area contributed by atoms with Gasteiger partial charge < -0.3 is 0 Å². The largest absolute Gasteiger partial charge is 0.299 e. The Hall–Kier alpha value is -0.990. The Balaban J connectivity index is 3.01. The van der Waals surface area contributed by atoms with Crippen LogP contribution in [0.25, 0.3) is 0 Å². The van der Waals surface area contributed by atoms with Crippen LogP contribution < -0.4 is 0 Å². The molecule has 0 aromatic heterocycles. The Bertz CT molecular complexity index is 254. The summed E-state index contributed by atoms with van der Waals surface area (Å²) in [6.45, 7) is 3.32. The molecule has 12 heavy (non-hydrogen) atoms. The number of carbonyl (C=O) groups excluding carboxylic acids is 3. The molecule has 0 radical (unpaired) electrons. The minimum atomic E-state index is -1.02. The third-order valence-corrected chi connectivity index (χ3v) is 2.66. The van der Waals surface area contributed by atoms with Gasteiger partial charge in [-0.25, -0.2) is 0 Å². The Morgan fingerprint density at radius 1 is 1.25 bits per heavy atom. The molecule has 0 saturated heterocycles. The maximum Gasteiger partial charge on any atom is 0.211 e. The van der Waals surface area contributed by atoms with Crippen LogP contribution in [0.4, 0.5) is 0 Å². The van der Waals surface area contributed by atoms with Gasteiger partial charge in [0.05, 0.1) is 5.41 Å². The van der Waals surface area contributed by atoms with Gasteiger partial charge >= 0.3 is 0 Å². The lowest BCUT2D eigenvalue weighted by Gasteiger charge is -2.27. The molecule has 0 bridgehead atoms. The van der Waals surface area contributed by atoms with Crippen LogP contribution in [0.2, 0.25) is 0 Å². The second kappa shape index (κ2) is 2.81. The second-order valence-corrected chi connectivity index (χ2v) is 3.36. The van der Waals surface area contributed by atoms with Crippen molar-refractivity contribution in [3.05, 3.63) is 0 Å². The second-order valence-electron chi connectivity index (χ2n) is 3.36. The SMILES string of the molecule is CCC1(C)C(=O)CCC(=O)C1=O. The third-order valence-electron chi connectivity index (χ3n) is 2.66. The fourth-order valence-electron chi connectivity index (χ4n) is 1.41. The number of Topliss-reactive ketones (excluding diaryl/α,β-unsaturated/α-hetero) is 3. The lowest BCUT2D eigenvalue weighted by Crippen LogP contribution is -2.44. The van der Waals surface area contributed by atoms with Crippen LogP contribution in [0.1, 0.15) is 33.1 Å². The summed E-state index contributed by atoms with van der Waals surface area (Å²) in [6.07, 6.45) is 0.762. The van der Waals surface area contributed by atoms with Gasteiger partial charge in [0.25, 0.3) is 0 Å². The normalized spacial score (nSPS) is 31.0. The van der Waals surface area contributed by atoms with E-state index in [0.29, 0.717) is 6.42 Å². The molecule has 1 unspecified atom stereocenters. The average molecular weight is 168 g/mol. The summed E-state index contributed by atoms with van der Waals surface area (Å²) in [4.78, 5) is 33.7. The van der Waals surface area contributed by atoms with Crippen molar-refractivity contribution in [2.45, 2.75) is 33.1 Å². The molecular formula is C9H12O3. The lowest BCUT2D eigenvalue weighted by atomic mass is 9.71. The van der Waals surface area contributed by atoms with E-state index in [2.05, 4.69) is 0 Å². The highest BCUT2D eigenvalue weighted by molar-refractivity contribution is 6.45. The highest BCUT2D eigenvalue weighted by atomic mass is 16.2. The van der Waals surface area contributed by atoms with Gasteiger partial charge in [-0.1, -0.05) is 6.92 Å². The predicted octanol–water partition coefficient (Wildman–Crippen LogP) is 0.904. The molecule has 1 aliphatic rings. The van der Waals surface area contributed by atoms with Gasteiger partial charge in [-0.2, -0.15) is 0 Å². The Kier molecular flexibility index (Phi) is 2.13. The van der Waals surface area contributed by atoms with Crippen LogP contribution in [-0.4, -0.2) is 17.3 Å². The molecule has 0 amide bonds. The molecule has 1 atom stereocenters. The molecule has 1 saturated carbocycles. The first-order valence-corrected chi connectivity index (χ1v) is 4.13. The van der Waals surface area contributed by atoms with E-state index in [1.54, 1.807) is 13.8 Å². The molecule has 0 aliphatic heterocycles. The first-order chi connectivity index (χ1) is 5.52. The highest BCUT2D eigenvalue weighted by Gasteiger charge is 2.45. The number of hydrogen-bond donors (Lipinski definition) is 0. The van der Waals surface area contributed by atoms with Gasteiger partial charge in [0.15, 0.2) is 5.78 Å². The molecule has 1 rings (SSSR count). The van der Waals surface area contributed by atoms with Crippen LogP contribution in [0.15, 0.2) is 0 Å². The van der Waals surface area contributed by atoms with Crippen molar-refractivity contribution in [3.8, 4) is 0 Å². The van der Waals surface area contributed by atoms with E-state index in [1.807, 2.05) is 0 Å². The van der Waals surface area contributed by atoms with Crippen molar-refractivity contribution >= 4 is 17.3 Å². The summed E-state index contributed by atoms with van der Waals surface area (Å²) in [6, 6.07) is 0. The molecule has 3 heteroatoms. The van der Waals surface area contributed by atoms with Crippen molar-refractivity contribution in [1.82, 2.24) is 0 Å². The van der Waals surface area contributed by atoms with Crippen molar-refractivity contribution in [3.63, 3.8) is 0 Å². The van der Waals surface area contributed by atoms with Gasteiger partial charge in [-0.15, -0.1) is 0 Å². The van der Waals surface area contributed by atoms with E-state index in [9.17, 15) is 14.4 Å². The summed E-state index contributed by atoms with van der Waals surface area (Å²) in [7, 11) is 0. The maximum atomic E-state index is 11.3. The van der Waals surface area contributed by atoms with Crippen molar-refractivity contribution in [2.75, 3.05) is 0 Å². The van der Waals surface area contributed by atoms with E-state index in [1.165, 1.54) is 0 Å². The number of carbonyl (C=O) groups is 3. The molecule has 0 aromatic carbocycles. The molecular weight excluding hydrogens is 156 g/mol. The van der Waals surface area contributed by atoms with Gasteiger partial charge in [-0.3, -0.25) is 14.4 Å². The third kappa shape index (κ3) is 1.09. The molecule has 0 N–H and O–H groups in total. The van der Waals surface area contributed by atoms with Crippen LogP contribution in [-0.2, 0) is 14.4 Å². The Morgan fingerprint density at radius 3 is 2.25 bits per heavy atom. The van der Waals surface area contributed by atoms with Gasteiger partial charge in [0.1, 0.15) is 5.78 Å². The molecule has 0 heterocycles. The maximum absolute atomic E-state index is 11.3. The Morgan fingerprint density at radius 2 is 1.83 bits per heavy atom. The molecule has 0 aromatic rings. The van der Waals surface area contributed by atoms with E-state index >= 15 is 0 Å². The van der Waals surface area contributed by atoms with E-state index in [0.717, 1.165) is 0 Å². The van der Waals surface area contributed by atoms with Crippen molar-refractivity contribution in [2.24, 2.45) is 5.41 Å². The zero-order valence-corrected chi connectivity index (χ0v) is 7.35. The van der Waals surface area contributed by atoms with Crippen molar-refractivity contribution in [1.29, 1.82) is 0 Å². The summed E-state index contributed by atoms with van der Waals surface area (Å²) < 4.78 is 0. The van der Waals surface area contributed by atoms with Crippen molar-refractivity contribution < 1.29 is 14.4 Å². The number of ketones is 3. The molecule has 0 spiro atoms. The zero-order valence-electron chi connectivity index (χ0n) is 7.35. The minimum absolute atomic E-state index is 0.0883. The summed E-state index contributed by atoms with van der Waals surface area (Å²) >= 11 is 0.